The molecule has 23 heavy (non-hydrogen) atoms. The second kappa shape index (κ2) is 5.77. The van der Waals surface area contributed by atoms with Crippen molar-refractivity contribution in [2.24, 2.45) is 0 Å². The Labute approximate surface area is 131 Å². The summed E-state index contributed by atoms with van der Waals surface area (Å²) in [5, 5.41) is 3.66. The first kappa shape index (κ1) is 13.8. The highest BCUT2D eigenvalue weighted by Crippen LogP contribution is 2.22. The number of hydrogen-bond donors (Lipinski definition) is 1. The molecule has 1 aliphatic rings. The molecule has 7 nitrogen and oxygen atoms in total. The van der Waals surface area contributed by atoms with E-state index in [1.165, 1.54) is 6.39 Å². The molecule has 0 spiro atoms. The molecular weight excluding hydrogens is 296 g/mol. The van der Waals surface area contributed by atoms with Gasteiger partial charge in [-0.1, -0.05) is 0 Å². The van der Waals surface area contributed by atoms with Gasteiger partial charge in [-0.25, -0.2) is 15.0 Å². The van der Waals surface area contributed by atoms with Crippen LogP contribution in [0.25, 0.3) is 22.4 Å². The normalized spacial score (nSPS) is 17.5. The van der Waals surface area contributed by atoms with Crippen molar-refractivity contribution in [3.8, 4) is 11.5 Å². The van der Waals surface area contributed by atoms with Gasteiger partial charge in [0.05, 0.1) is 11.7 Å². The average Bonchev–Trinajstić information content (AvgIpc) is 3.27. The fraction of sp³-hybridized carbons (Fsp3) is 0.250. The maximum absolute atomic E-state index is 12.1. The molecule has 0 saturated carbocycles. The Kier molecular flexibility index (Phi) is 3.47. The topological polar surface area (TPSA) is 90.1 Å². The van der Waals surface area contributed by atoms with Gasteiger partial charge in [0.15, 0.2) is 12.2 Å². The predicted molar refractivity (Wildman–Crippen MR) is 82.6 cm³/mol. The van der Waals surface area contributed by atoms with Crippen LogP contribution in [0.3, 0.4) is 0 Å². The lowest BCUT2D eigenvalue weighted by molar-refractivity contribution is -0.124. The highest BCUT2D eigenvalue weighted by atomic mass is 16.5. The number of amides is 1. The summed E-state index contributed by atoms with van der Waals surface area (Å²) < 4.78 is 10.6. The molecule has 1 amide bonds. The van der Waals surface area contributed by atoms with Crippen LogP contribution < -0.4 is 5.32 Å². The van der Waals surface area contributed by atoms with E-state index in [1.807, 2.05) is 12.1 Å². The van der Waals surface area contributed by atoms with Crippen molar-refractivity contribution in [3.63, 3.8) is 0 Å². The number of aromatic nitrogens is 3. The van der Waals surface area contributed by atoms with E-state index >= 15 is 0 Å². The van der Waals surface area contributed by atoms with Crippen molar-refractivity contribution in [2.45, 2.75) is 18.9 Å². The lowest BCUT2D eigenvalue weighted by atomic mass is 10.2. The molecule has 1 aliphatic heterocycles. The third kappa shape index (κ3) is 2.78. The molecule has 3 aromatic rings. The second-order valence-corrected chi connectivity index (χ2v) is 5.32. The van der Waals surface area contributed by atoms with Gasteiger partial charge in [0.2, 0.25) is 0 Å². The van der Waals surface area contributed by atoms with E-state index in [0.29, 0.717) is 23.9 Å². The quantitative estimate of drug-likeness (QED) is 0.799. The average molecular weight is 310 g/mol. The number of ether oxygens (including phenoxy) is 1. The Hall–Kier alpha value is -2.80. The van der Waals surface area contributed by atoms with Crippen molar-refractivity contribution in [1.82, 2.24) is 15.0 Å². The highest BCUT2D eigenvalue weighted by Gasteiger charge is 2.23. The van der Waals surface area contributed by atoms with E-state index < -0.39 is 0 Å². The summed E-state index contributed by atoms with van der Waals surface area (Å²) in [5.41, 5.74) is 1.40. The lowest BCUT2D eigenvalue weighted by Crippen LogP contribution is -2.27. The van der Waals surface area contributed by atoms with Crippen LogP contribution in [-0.4, -0.2) is 33.6 Å². The Bertz CT molecular complexity index is 842. The zero-order valence-corrected chi connectivity index (χ0v) is 12.2. The first-order valence-corrected chi connectivity index (χ1v) is 7.38. The maximum Gasteiger partial charge on any atom is 0.254 e. The monoisotopic (exact) mass is 310 g/mol. The van der Waals surface area contributed by atoms with Gasteiger partial charge in [-0.3, -0.25) is 4.79 Å². The van der Waals surface area contributed by atoms with Crippen molar-refractivity contribution >= 4 is 22.6 Å². The minimum absolute atomic E-state index is 0.166. The summed E-state index contributed by atoms with van der Waals surface area (Å²) in [5.74, 6) is 0.884. The number of nitrogens with one attached hydrogen (secondary N) is 1. The van der Waals surface area contributed by atoms with Crippen LogP contribution in [-0.2, 0) is 9.53 Å². The molecule has 116 valence electrons. The van der Waals surface area contributed by atoms with Crippen LogP contribution in [0.5, 0.6) is 0 Å². The van der Waals surface area contributed by atoms with E-state index in [9.17, 15) is 4.79 Å². The number of pyridine rings is 2. The molecule has 0 aromatic carbocycles. The molecule has 1 N–H and O–H groups in total. The zero-order valence-electron chi connectivity index (χ0n) is 12.2. The molecule has 0 unspecified atom stereocenters. The highest BCUT2D eigenvalue weighted by molar-refractivity contribution is 5.95. The van der Waals surface area contributed by atoms with E-state index in [4.69, 9.17) is 9.15 Å². The number of oxazole rings is 1. The molecule has 7 heteroatoms. The van der Waals surface area contributed by atoms with Gasteiger partial charge >= 0.3 is 0 Å². The molecule has 4 heterocycles. The minimum Gasteiger partial charge on any atom is -0.442 e. The number of hydrogen-bond acceptors (Lipinski definition) is 6. The van der Waals surface area contributed by atoms with Crippen molar-refractivity contribution in [1.29, 1.82) is 0 Å². The molecule has 0 aliphatic carbocycles. The number of nitrogens with zero attached hydrogens (tertiary/aromatic N) is 3. The summed E-state index contributed by atoms with van der Waals surface area (Å²) in [6.07, 6.45) is 5.91. The smallest absolute Gasteiger partial charge is 0.254 e. The van der Waals surface area contributed by atoms with E-state index in [2.05, 4.69) is 20.3 Å². The Morgan fingerprint density at radius 1 is 1.30 bits per heavy atom. The maximum atomic E-state index is 12.1. The summed E-state index contributed by atoms with van der Waals surface area (Å²) in [7, 11) is 0. The molecule has 0 bridgehead atoms. The van der Waals surface area contributed by atoms with Crippen molar-refractivity contribution < 1.29 is 13.9 Å². The first-order chi connectivity index (χ1) is 11.3. The molecule has 4 rings (SSSR count). The lowest BCUT2D eigenvalue weighted by Gasteiger charge is -2.10. The van der Waals surface area contributed by atoms with Crippen LogP contribution in [0.15, 0.2) is 41.4 Å². The van der Waals surface area contributed by atoms with Crippen LogP contribution >= 0.6 is 0 Å². The van der Waals surface area contributed by atoms with Crippen molar-refractivity contribution in [3.05, 3.63) is 37.0 Å². The SMILES string of the molecule is O=C(Nc1cc2nc(-c3cnco3)ccc2cn1)[C@H]1CCCO1. The summed E-state index contributed by atoms with van der Waals surface area (Å²) in [6, 6.07) is 5.48. The van der Waals surface area contributed by atoms with E-state index in [1.54, 1.807) is 18.5 Å². The minimum atomic E-state index is -0.388. The van der Waals surface area contributed by atoms with Gasteiger partial charge in [-0.2, -0.15) is 0 Å². The molecule has 1 atom stereocenters. The van der Waals surface area contributed by atoms with Crippen LogP contribution in [0.1, 0.15) is 12.8 Å². The largest absolute Gasteiger partial charge is 0.442 e. The first-order valence-electron chi connectivity index (χ1n) is 7.38. The van der Waals surface area contributed by atoms with E-state index in [0.717, 1.165) is 23.7 Å². The fourth-order valence-corrected chi connectivity index (χ4v) is 2.56. The number of fused-ring (bicyclic) bond motifs is 1. The number of rotatable bonds is 3. The Morgan fingerprint density at radius 3 is 3.04 bits per heavy atom. The second-order valence-electron chi connectivity index (χ2n) is 5.32. The zero-order chi connectivity index (χ0) is 15.6. The third-order valence-electron chi connectivity index (χ3n) is 3.73. The standard InChI is InChI=1S/C16H14N4O3/c21-16(13-2-1-5-22-13)20-15-6-12-10(7-18-15)3-4-11(19-12)14-8-17-9-23-14/h3-4,6-9,13H,1-2,5H2,(H,18,20,21)/t13-/m1/s1. The van der Waals surface area contributed by atoms with Crippen LogP contribution in [0.2, 0.25) is 0 Å². The van der Waals surface area contributed by atoms with Gasteiger partial charge in [0, 0.05) is 24.3 Å². The van der Waals surface area contributed by atoms with E-state index in [-0.39, 0.29) is 12.0 Å². The predicted octanol–water partition coefficient (Wildman–Crippen LogP) is 2.40. The summed E-state index contributed by atoms with van der Waals surface area (Å²) in [4.78, 5) is 24.7. The molecule has 1 saturated heterocycles. The summed E-state index contributed by atoms with van der Waals surface area (Å²) in [6.45, 7) is 0.630. The fourth-order valence-electron chi connectivity index (χ4n) is 2.56. The molecular formula is C16H14N4O3. The Balaban J connectivity index is 1.62. The number of carbonyl (C=O) groups is 1. The van der Waals surface area contributed by atoms with Gasteiger partial charge in [0.1, 0.15) is 17.6 Å². The number of anilines is 1. The summed E-state index contributed by atoms with van der Waals surface area (Å²) >= 11 is 0. The molecule has 3 aromatic heterocycles. The van der Waals surface area contributed by atoms with Gasteiger partial charge in [-0.15, -0.1) is 0 Å². The van der Waals surface area contributed by atoms with Crippen molar-refractivity contribution in [2.75, 3.05) is 11.9 Å². The Morgan fingerprint density at radius 2 is 2.26 bits per heavy atom. The van der Waals surface area contributed by atoms with Crippen LogP contribution in [0, 0.1) is 0 Å². The van der Waals surface area contributed by atoms with Gasteiger partial charge < -0.3 is 14.5 Å². The van der Waals surface area contributed by atoms with Crippen LogP contribution in [0.4, 0.5) is 5.82 Å². The molecule has 1 fully saturated rings. The van der Waals surface area contributed by atoms with Gasteiger partial charge in [0.25, 0.3) is 5.91 Å². The molecule has 0 radical (unpaired) electrons. The van der Waals surface area contributed by atoms with Gasteiger partial charge in [-0.05, 0) is 25.0 Å². The third-order valence-corrected chi connectivity index (χ3v) is 3.73. The number of carbonyl (C=O) groups excluding carboxylic acids is 1.